The van der Waals surface area contributed by atoms with E-state index in [0.29, 0.717) is 11.3 Å². The van der Waals surface area contributed by atoms with Gasteiger partial charge in [0.25, 0.3) is 0 Å². The van der Waals surface area contributed by atoms with Gasteiger partial charge < -0.3 is 0 Å². The number of nitrogens with one attached hydrogen (secondary N) is 1. The van der Waals surface area contributed by atoms with Gasteiger partial charge in [-0.1, -0.05) is 42.5 Å². The Morgan fingerprint density at radius 3 is 2.52 bits per heavy atom. The molecule has 0 radical (unpaired) electrons. The van der Waals surface area contributed by atoms with Crippen LogP contribution in [0.2, 0.25) is 0 Å². The highest BCUT2D eigenvalue weighted by molar-refractivity contribution is 7.88. The third kappa shape index (κ3) is 4.91. The summed E-state index contributed by atoms with van der Waals surface area (Å²) in [7, 11) is -3.60. The van der Waals surface area contributed by atoms with Crippen molar-refractivity contribution in [2.75, 3.05) is 0 Å². The Labute approximate surface area is 145 Å². The van der Waals surface area contributed by atoms with Crippen LogP contribution in [0.25, 0.3) is 11.3 Å². The van der Waals surface area contributed by atoms with Crippen LogP contribution >= 0.6 is 0 Å². The highest BCUT2D eigenvalue weighted by Crippen LogP contribution is 2.16. The Morgan fingerprint density at radius 2 is 1.76 bits per heavy atom. The number of hydrogen-bond donors (Lipinski definition) is 1. The summed E-state index contributed by atoms with van der Waals surface area (Å²) >= 11 is 0. The minimum absolute atomic E-state index is 0.0417. The van der Waals surface area contributed by atoms with E-state index in [1.165, 1.54) is 24.5 Å². The highest BCUT2D eigenvalue weighted by atomic mass is 32.2. The quantitative estimate of drug-likeness (QED) is 0.736. The van der Waals surface area contributed by atoms with Crippen molar-refractivity contribution in [3.63, 3.8) is 0 Å². The SMILES string of the molecule is O=S(=O)(Cc1cccc(F)c1)NCc1cc(-c2ccccc2)ncn1. The molecule has 0 saturated heterocycles. The fraction of sp³-hybridized carbons (Fsp3) is 0.111. The first kappa shape index (κ1) is 17.2. The Kier molecular flexibility index (Phi) is 5.16. The van der Waals surface area contributed by atoms with Gasteiger partial charge in [-0.2, -0.15) is 0 Å². The van der Waals surface area contributed by atoms with Crippen molar-refractivity contribution in [2.45, 2.75) is 12.3 Å². The molecule has 0 aliphatic heterocycles. The van der Waals surface area contributed by atoms with Gasteiger partial charge in [-0.05, 0) is 23.8 Å². The summed E-state index contributed by atoms with van der Waals surface area (Å²) in [6.45, 7) is 0.0417. The molecule has 3 aromatic rings. The predicted molar refractivity (Wildman–Crippen MR) is 93.3 cm³/mol. The largest absolute Gasteiger partial charge is 0.240 e. The van der Waals surface area contributed by atoms with Crippen LogP contribution in [0, 0.1) is 5.82 Å². The molecule has 3 rings (SSSR count). The standard InChI is InChI=1S/C18H16FN3O2S/c19-16-8-4-5-14(9-16)12-25(23,24)22-11-17-10-18(21-13-20-17)15-6-2-1-3-7-15/h1-10,13,22H,11-12H2. The van der Waals surface area contributed by atoms with E-state index in [1.807, 2.05) is 30.3 Å². The lowest BCUT2D eigenvalue weighted by Crippen LogP contribution is -2.25. The Hall–Kier alpha value is -2.64. The maximum absolute atomic E-state index is 13.2. The molecule has 1 aromatic heterocycles. The Morgan fingerprint density at radius 1 is 0.960 bits per heavy atom. The highest BCUT2D eigenvalue weighted by Gasteiger charge is 2.12. The van der Waals surface area contributed by atoms with Crippen molar-refractivity contribution in [3.8, 4) is 11.3 Å². The summed E-state index contributed by atoms with van der Waals surface area (Å²) in [6, 6.07) is 16.8. The average molecular weight is 357 g/mol. The van der Waals surface area contributed by atoms with Crippen molar-refractivity contribution >= 4 is 10.0 Å². The van der Waals surface area contributed by atoms with Gasteiger partial charge in [0.15, 0.2) is 0 Å². The average Bonchev–Trinajstić information content (AvgIpc) is 2.61. The lowest BCUT2D eigenvalue weighted by molar-refractivity contribution is 0.579. The van der Waals surface area contributed by atoms with E-state index in [-0.39, 0.29) is 12.3 Å². The third-order valence-corrected chi connectivity index (χ3v) is 4.81. The lowest BCUT2D eigenvalue weighted by atomic mass is 10.1. The molecule has 0 atom stereocenters. The van der Waals surface area contributed by atoms with E-state index in [0.717, 1.165) is 11.3 Å². The van der Waals surface area contributed by atoms with Crippen molar-refractivity contribution < 1.29 is 12.8 Å². The number of rotatable bonds is 6. The van der Waals surface area contributed by atoms with Crippen molar-refractivity contribution in [3.05, 3.63) is 84.1 Å². The molecule has 0 amide bonds. The molecule has 0 fully saturated rings. The van der Waals surface area contributed by atoms with Gasteiger partial charge in [0.05, 0.1) is 23.7 Å². The summed E-state index contributed by atoms with van der Waals surface area (Å²) in [5.41, 5.74) is 2.58. The minimum atomic E-state index is -3.60. The van der Waals surface area contributed by atoms with Crippen LogP contribution in [-0.2, 0) is 22.3 Å². The topological polar surface area (TPSA) is 72.0 Å². The van der Waals surface area contributed by atoms with E-state index >= 15 is 0 Å². The zero-order chi connectivity index (χ0) is 17.7. The van der Waals surface area contributed by atoms with E-state index in [2.05, 4.69) is 14.7 Å². The van der Waals surface area contributed by atoms with Gasteiger partial charge in [0, 0.05) is 5.56 Å². The van der Waals surface area contributed by atoms with Crippen LogP contribution in [-0.4, -0.2) is 18.4 Å². The summed E-state index contributed by atoms with van der Waals surface area (Å²) in [5, 5.41) is 0. The van der Waals surface area contributed by atoms with Gasteiger partial charge in [-0.25, -0.2) is 27.5 Å². The molecule has 0 saturated carbocycles. The molecular formula is C18H16FN3O2S. The fourth-order valence-corrected chi connectivity index (χ4v) is 3.43. The van der Waals surface area contributed by atoms with Crippen LogP contribution in [0.15, 0.2) is 67.0 Å². The molecule has 25 heavy (non-hydrogen) atoms. The van der Waals surface area contributed by atoms with Gasteiger partial charge in [0.1, 0.15) is 12.1 Å². The number of halogens is 1. The van der Waals surface area contributed by atoms with Crippen molar-refractivity contribution in [2.24, 2.45) is 0 Å². The molecule has 2 aromatic carbocycles. The number of nitrogens with zero attached hydrogens (tertiary/aromatic N) is 2. The Bertz CT molecular complexity index is 963. The molecule has 0 bridgehead atoms. The summed E-state index contributed by atoms with van der Waals surface area (Å²) in [4.78, 5) is 8.29. The molecule has 0 spiro atoms. The van der Waals surface area contributed by atoms with Gasteiger partial charge in [0.2, 0.25) is 10.0 Å². The zero-order valence-electron chi connectivity index (χ0n) is 13.3. The molecule has 128 valence electrons. The van der Waals surface area contributed by atoms with E-state index in [1.54, 1.807) is 12.1 Å². The molecule has 0 aliphatic carbocycles. The van der Waals surface area contributed by atoms with E-state index < -0.39 is 15.8 Å². The van der Waals surface area contributed by atoms with Crippen LogP contribution in [0.5, 0.6) is 0 Å². The second kappa shape index (κ2) is 7.50. The summed E-state index contributed by atoms with van der Waals surface area (Å²) in [5.74, 6) is -0.752. The Balaban J connectivity index is 1.69. The molecular weight excluding hydrogens is 341 g/mol. The monoisotopic (exact) mass is 357 g/mol. The maximum atomic E-state index is 13.2. The summed E-state index contributed by atoms with van der Waals surface area (Å²) < 4.78 is 40.0. The molecule has 7 heteroatoms. The zero-order valence-corrected chi connectivity index (χ0v) is 14.1. The molecule has 5 nitrogen and oxygen atoms in total. The first-order valence-electron chi connectivity index (χ1n) is 7.60. The second-order valence-electron chi connectivity index (χ2n) is 5.47. The maximum Gasteiger partial charge on any atom is 0.216 e. The van der Waals surface area contributed by atoms with Crippen molar-refractivity contribution in [1.82, 2.24) is 14.7 Å². The predicted octanol–water partition coefficient (Wildman–Crippen LogP) is 2.90. The third-order valence-electron chi connectivity index (χ3n) is 3.51. The van der Waals surface area contributed by atoms with Gasteiger partial charge in [-0.15, -0.1) is 0 Å². The van der Waals surface area contributed by atoms with Gasteiger partial charge >= 0.3 is 0 Å². The lowest BCUT2D eigenvalue weighted by Gasteiger charge is -2.08. The first-order valence-corrected chi connectivity index (χ1v) is 9.25. The number of benzene rings is 2. The molecule has 0 aliphatic rings. The second-order valence-corrected chi connectivity index (χ2v) is 7.28. The van der Waals surface area contributed by atoms with Gasteiger partial charge in [-0.3, -0.25) is 0 Å². The van der Waals surface area contributed by atoms with Crippen molar-refractivity contribution in [1.29, 1.82) is 0 Å². The minimum Gasteiger partial charge on any atom is -0.240 e. The fourth-order valence-electron chi connectivity index (χ4n) is 2.34. The van der Waals surface area contributed by atoms with Crippen LogP contribution in [0.1, 0.15) is 11.3 Å². The summed E-state index contributed by atoms with van der Waals surface area (Å²) in [6.07, 6.45) is 1.40. The van der Waals surface area contributed by atoms with Crippen LogP contribution in [0.4, 0.5) is 4.39 Å². The number of hydrogen-bond acceptors (Lipinski definition) is 4. The molecule has 0 unspecified atom stereocenters. The van der Waals surface area contributed by atoms with E-state index in [4.69, 9.17) is 0 Å². The number of sulfonamides is 1. The normalized spacial score (nSPS) is 11.4. The van der Waals surface area contributed by atoms with E-state index in [9.17, 15) is 12.8 Å². The number of aromatic nitrogens is 2. The van der Waals surface area contributed by atoms with Crippen LogP contribution in [0.3, 0.4) is 0 Å². The first-order chi connectivity index (χ1) is 12.0. The smallest absolute Gasteiger partial charge is 0.216 e. The molecule has 1 N–H and O–H groups in total. The molecule has 1 heterocycles. The van der Waals surface area contributed by atoms with Crippen LogP contribution < -0.4 is 4.72 Å².